The van der Waals surface area contributed by atoms with Crippen molar-refractivity contribution in [2.45, 2.75) is 148 Å². The third kappa shape index (κ3) is 19.8. The third-order valence-corrected chi connectivity index (χ3v) is 6.14. The summed E-state index contributed by atoms with van der Waals surface area (Å²) in [5, 5.41) is 20.4. The molecule has 0 aromatic rings. The van der Waals surface area contributed by atoms with Crippen LogP contribution in [0, 0.1) is 0 Å². The molecule has 0 rings (SSSR count). The van der Waals surface area contributed by atoms with Gasteiger partial charge in [-0.1, -0.05) is 104 Å². The molecule has 0 aliphatic rings. The van der Waals surface area contributed by atoms with E-state index in [0.29, 0.717) is 12.8 Å². The largest absolute Gasteiger partial charge is 0.480 e. The van der Waals surface area contributed by atoms with E-state index in [4.69, 9.17) is 14.9 Å². The monoisotopic (exact) mass is 485 g/mol. The number of rotatable bonds is 24. The van der Waals surface area contributed by atoms with Gasteiger partial charge < -0.3 is 20.3 Å². The van der Waals surface area contributed by atoms with E-state index in [-0.39, 0.29) is 12.4 Å². The number of aliphatic carboxylic acids is 1. The zero-order chi connectivity index (χ0) is 25.4. The fourth-order valence-corrected chi connectivity index (χ4v) is 4.00. The van der Waals surface area contributed by atoms with E-state index in [2.05, 4.69) is 19.2 Å². The Hall–Kier alpha value is -1.63. The first-order chi connectivity index (χ1) is 16.4. The summed E-state index contributed by atoms with van der Waals surface area (Å²) < 4.78 is 5.60. The van der Waals surface area contributed by atoms with Crippen molar-refractivity contribution in [3.8, 4) is 0 Å². The number of amides is 1. The van der Waals surface area contributed by atoms with Gasteiger partial charge in [-0.3, -0.25) is 9.59 Å². The van der Waals surface area contributed by atoms with Crippen LogP contribution in [0.15, 0.2) is 0 Å². The molecule has 0 fully saturated rings. The van der Waals surface area contributed by atoms with Crippen LogP contribution in [0.4, 0.5) is 0 Å². The molecule has 7 nitrogen and oxygen atoms in total. The maximum absolute atomic E-state index is 12.3. The Morgan fingerprint density at radius 1 is 0.735 bits per heavy atom. The van der Waals surface area contributed by atoms with Crippen LogP contribution >= 0.6 is 0 Å². The molecule has 0 aliphatic heterocycles. The first-order valence-electron chi connectivity index (χ1n) is 13.8. The van der Waals surface area contributed by atoms with E-state index in [1.165, 1.54) is 64.2 Å². The van der Waals surface area contributed by atoms with Crippen molar-refractivity contribution in [1.82, 2.24) is 5.32 Å². The van der Waals surface area contributed by atoms with E-state index in [0.717, 1.165) is 38.5 Å². The molecule has 0 heterocycles. The molecule has 0 aromatic heterocycles. The van der Waals surface area contributed by atoms with Gasteiger partial charge in [0.15, 0.2) is 0 Å². The second-order valence-corrected chi connectivity index (χ2v) is 9.45. The molecule has 200 valence electrons. The normalized spacial score (nSPS) is 12.8. The fourth-order valence-electron chi connectivity index (χ4n) is 4.00. The number of carbonyl (C=O) groups is 3. The van der Waals surface area contributed by atoms with E-state index in [9.17, 15) is 14.4 Å². The van der Waals surface area contributed by atoms with E-state index >= 15 is 0 Å². The Bertz CT molecular complexity index is 525. The lowest BCUT2D eigenvalue weighted by Gasteiger charge is -2.19. The highest BCUT2D eigenvalue weighted by atomic mass is 16.5. The van der Waals surface area contributed by atoms with Crippen LogP contribution in [0.3, 0.4) is 0 Å². The van der Waals surface area contributed by atoms with Crippen LogP contribution in [0.2, 0.25) is 0 Å². The summed E-state index contributed by atoms with van der Waals surface area (Å²) in [5.41, 5.74) is 0. The summed E-state index contributed by atoms with van der Waals surface area (Å²) in [4.78, 5) is 35.7. The maximum Gasteiger partial charge on any atom is 0.328 e. The maximum atomic E-state index is 12.3. The molecule has 0 spiro atoms. The Balaban J connectivity index is 4.39. The minimum atomic E-state index is -1.34. The molecule has 0 unspecified atom stereocenters. The third-order valence-electron chi connectivity index (χ3n) is 6.14. The number of carboxylic acid groups (broad SMARTS) is 1. The van der Waals surface area contributed by atoms with Crippen LogP contribution in [-0.4, -0.2) is 46.8 Å². The van der Waals surface area contributed by atoms with E-state index in [1.807, 2.05) is 0 Å². The van der Waals surface area contributed by atoms with Crippen LogP contribution in [0.25, 0.3) is 0 Å². The van der Waals surface area contributed by atoms with Gasteiger partial charge in [-0.2, -0.15) is 0 Å². The molecule has 3 N–H and O–H groups in total. The van der Waals surface area contributed by atoms with Crippen molar-refractivity contribution in [3.05, 3.63) is 0 Å². The number of esters is 1. The highest BCUT2D eigenvalue weighted by molar-refractivity contribution is 5.84. The molecular formula is C27H51NO6. The summed E-state index contributed by atoms with van der Waals surface area (Å²) in [6, 6.07) is -1.34. The molecule has 2 atom stereocenters. The Kier molecular flexibility index (Phi) is 22.0. The van der Waals surface area contributed by atoms with Crippen molar-refractivity contribution in [2.75, 3.05) is 6.61 Å². The molecule has 0 saturated heterocycles. The SMILES string of the molecule is CCCCCCCCCCC[C@H](CC(=O)N[C@H](CO)C(=O)O)OC(=O)CCCCCCCCC. The van der Waals surface area contributed by atoms with Crippen molar-refractivity contribution in [1.29, 1.82) is 0 Å². The van der Waals surface area contributed by atoms with Gasteiger partial charge in [0.25, 0.3) is 0 Å². The number of unbranched alkanes of at least 4 members (excludes halogenated alkanes) is 14. The number of carboxylic acids is 1. The molecule has 0 radical (unpaired) electrons. The quantitative estimate of drug-likeness (QED) is 0.116. The van der Waals surface area contributed by atoms with Gasteiger partial charge in [0.2, 0.25) is 5.91 Å². The average molecular weight is 486 g/mol. The number of aliphatic hydroxyl groups is 1. The van der Waals surface area contributed by atoms with Crippen LogP contribution in [0.1, 0.15) is 136 Å². The van der Waals surface area contributed by atoms with Gasteiger partial charge in [0.1, 0.15) is 12.1 Å². The summed E-state index contributed by atoms with van der Waals surface area (Å²) in [7, 11) is 0. The molecular weight excluding hydrogens is 434 g/mol. The standard InChI is InChI=1S/C27H51NO6/c1-3-5-7-9-11-12-14-15-17-19-23(21-25(30)28-24(22-29)27(32)33)34-26(31)20-18-16-13-10-8-6-4-2/h23-24,29H,3-22H2,1-2H3,(H,28,30)(H,32,33)/t23-,24-/m1/s1. The Morgan fingerprint density at radius 3 is 1.68 bits per heavy atom. The molecule has 7 heteroatoms. The van der Waals surface area contributed by atoms with Gasteiger partial charge in [0, 0.05) is 6.42 Å². The number of ether oxygens (including phenoxy) is 1. The molecule has 0 bridgehead atoms. The fraction of sp³-hybridized carbons (Fsp3) is 0.889. The molecule has 0 aliphatic carbocycles. The topological polar surface area (TPSA) is 113 Å². The molecule has 0 saturated carbocycles. The number of carbonyl (C=O) groups excluding carboxylic acids is 2. The smallest absolute Gasteiger partial charge is 0.328 e. The van der Waals surface area contributed by atoms with Gasteiger partial charge in [0.05, 0.1) is 13.0 Å². The predicted octanol–water partition coefficient (Wildman–Crippen LogP) is 5.91. The first-order valence-corrected chi connectivity index (χ1v) is 13.8. The highest BCUT2D eigenvalue weighted by Gasteiger charge is 2.23. The summed E-state index contributed by atoms with van der Waals surface area (Å²) in [5.74, 6) is -2.10. The Labute approximate surface area is 207 Å². The number of hydrogen-bond acceptors (Lipinski definition) is 5. The number of nitrogens with one attached hydrogen (secondary N) is 1. The lowest BCUT2D eigenvalue weighted by atomic mass is 10.0. The first kappa shape index (κ1) is 32.4. The zero-order valence-corrected chi connectivity index (χ0v) is 21.8. The van der Waals surface area contributed by atoms with Crippen molar-refractivity contribution in [3.63, 3.8) is 0 Å². The van der Waals surface area contributed by atoms with Crippen molar-refractivity contribution < 1.29 is 29.3 Å². The predicted molar refractivity (Wildman–Crippen MR) is 136 cm³/mol. The molecule has 1 amide bonds. The lowest BCUT2D eigenvalue weighted by Crippen LogP contribution is -2.44. The Morgan fingerprint density at radius 2 is 1.21 bits per heavy atom. The second kappa shape index (κ2) is 23.1. The summed E-state index contributed by atoms with van der Waals surface area (Å²) >= 11 is 0. The van der Waals surface area contributed by atoms with Crippen LogP contribution in [0.5, 0.6) is 0 Å². The van der Waals surface area contributed by atoms with Crippen molar-refractivity contribution >= 4 is 17.8 Å². The van der Waals surface area contributed by atoms with Gasteiger partial charge in [-0.25, -0.2) is 4.79 Å². The van der Waals surface area contributed by atoms with Gasteiger partial charge in [-0.05, 0) is 19.3 Å². The number of hydrogen-bond donors (Lipinski definition) is 3. The van der Waals surface area contributed by atoms with Gasteiger partial charge in [-0.15, -0.1) is 0 Å². The average Bonchev–Trinajstić information content (AvgIpc) is 2.80. The van der Waals surface area contributed by atoms with E-state index < -0.39 is 30.6 Å². The van der Waals surface area contributed by atoms with Crippen LogP contribution < -0.4 is 5.32 Å². The zero-order valence-electron chi connectivity index (χ0n) is 21.8. The second-order valence-electron chi connectivity index (χ2n) is 9.45. The number of aliphatic hydroxyl groups excluding tert-OH is 1. The molecule has 0 aromatic carbocycles. The summed E-state index contributed by atoms with van der Waals surface area (Å²) in [6.45, 7) is 3.72. The van der Waals surface area contributed by atoms with Crippen molar-refractivity contribution in [2.24, 2.45) is 0 Å². The highest BCUT2D eigenvalue weighted by Crippen LogP contribution is 2.16. The summed E-state index contributed by atoms with van der Waals surface area (Å²) in [6.07, 6.45) is 18.7. The van der Waals surface area contributed by atoms with Crippen LogP contribution in [-0.2, 0) is 19.1 Å². The van der Waals surface area contributed by atoms with E-state index in [1.54, 1.807) is 0 Å². The minimum absolute atomic E-state index is 0.0798. The minimum Gasteiger partial charge on any atom is -0.480 e. The lowest BCUT2D eigenvalue weighted by molar-refractivity contribution is -0.152. The van der Waals surface area contributed by atoms with Gasteiger partial charge >= 0.3 is 11.9 Å². The molecule has 34 heavy (non-hydrogen) atoms.